The van der Waals surface area contributed by atoms with Gasteiger partial charge in [-0.1, -0.05) is 18.2 Å². The maximum absolute atomic E-state index is 12.2. The lowest BCUT2D eigenvalue weighted by Gasteiger charge is -2.22. The fourth-order valence-electron chi connectivity index (χ4n) is 3.68. The van der Waals surface area contributed by atoms with Crippen LogP contribution in [0.3, 0.4) is 0 Å². The van der Waals surface area contributed by atoms with Crippen LogP contribution >= 0.6 is 0 Å². The fourth-order valence-corrected chi connectivity index (χ4v) is 3.68. The first-order chi connectivity index (χ1) is 14.6. The standard InChI is InChI=1S/C23H26N4O3/c1-4-29-15-26(19-8-6-5-7-16(19)2)23-25-14-20(30-23)18-11-12-24-21(13-18)27-17(3)9-10-22(27)28/h5-8,11-14,17H,4,9-10,15H2,1-3H3. The van der Waals surface area contributed by atoms with Gasteiger partial charge in [0.05, 0.1) is 11.9 Å². The molecule has 0 spiro atoms. The van der Waals surface area contributed by atoms with Gasteiger partial charge in [-0.05, 0) is 51.0 Å². The van der Waals surface area contributed by atoms with E-state index in [9.17, 15) is 4.79 Å². The lowest BCUT2D eigenvalue weighted by molar-refractivity contribution is -0.117. The van der Waals surface area contributed by atoms with E-state index in [0.717, 1.165) is 23.2 Å². The number of oxazole rings is 1. The summed E-state index contributed by atoms with van der Waals surface area (Å²) in [6.45, 7) is 6.96. The number of carbonyl (C=O) groups is 1. The molecule has 1 amide bonds. The summed E-state index contributed by atoms with van der Waals surface area (Å²) >= 11 is 0. The molecule has 0 N–H and O–H groups in total. The highest BCUT2D eigenvalue weighted by Crippen LogP contribution is 2.33. The summed E-state index contributed by atoms with van der Waals surface area (Å²) in [5.41, 5.74) is 2.91. The van der Waals surface area contributed by atoms with E-state index in [1.54, 1.807) is 17.3 Å². The molecule has 3 aromatic rings. The second-order valence-corrected chi connectivity index (χ2v) is 7.40. The van der Waals surface area contributed by atoms with Crippen molar-refractivity contribution in [3.63, 3.8) is 0 Å². The van der Waals surface area contributed by atoms with Crippen LogP contribution < -0.4 is 9.80 Å². The first-order valence-corrected chi connectivity index (χ1v) is 10.2. The Labute approximate surface area is 176 Å². The Bertz CT molecular complexity index is 1030. The van der Waals surface area contributed by atoms with Gasteiger partial charge in [-0.2, -0.15) is 0 Å². The van der Waals surface area contributed by atoms with Gasteiger partial charge in [0.25, 0.3) is 0 Å². The molecule has 3 heterocycles. The van der Waals surface area contributed by atoms with Crippen molar-refractivity contribution in [2.45, 2.75) is 39.7 Å². The van der Waals surface area contributed by atoms with E-state index in [4.69, 9.17) is 9.15 Å². The molecular formula is C23H26N4O3. The Morgan fingerprint density at radius 2 is 2.10 bits per heavy atom. The maximum Gasteiger partial charge on any atom is 0.304 e. The summed E-state index contributed by atoms with van der Waals surface area (Å²) in [4.78, 5) is 24.8. The van der Waals surface area contributed by atoms with Crippen LogP contribution in [0.25, 0.3) is 11.3 Å². The van der Waals surface area contributed by atoms with Gasteiger partial charge < -0.3 is 9.15 Å². The molecule has 156 valence electrons. The number of hydrogen-bond acceptors (Lipinski definition) is 6. The molecule has 1 saturated heterocycles. The Hall–Kier alpha value is -3.19. The Balaban J connectivity index is 1.65. The number of nitrogens with zero attached hydrogens (tertiary/aromatic N) is 4. The number of aromatic nitrogens is 2. The SMILES string of the molecule is CCOCN(c1ncc(-c2ccnc(N3C(=O)CCC3C)c2)o1)c1ccccc1C. The normalized spacial score (nSPS) is 16.3. The van der Waals surface area contributed by atoms with Crippen molar-refractivity contribution in [1.82, 2.24) is 9.97 Å². The summed E-state index contributed by atoms with van der Waals surface area (Å²) in [5, 5.41) is 0. The number of aryl methyl sites for hydroxylation is 1. The smallest absolute Gasteiger partial charge is 0.304 e. The fraction of sp³-hybridized carbons (Fsp3) is 0.348. The molecule has 30 heavy (non-hydrogen) atoms. The molecule has 0 aliphatic carbocycles. The molecule has 4 rings (SSSR count). The average Bonchev–Trinajstić information content (AvgIpc) is 3.36. The summed E-state index contributed by atoms with van der Waals surface area (Å²) in [6.07, 6.45) is 4.80. The van der Waals surface area contributed by atoms with Crippen molar-refractivity contribution in [2.75, 3.05) is 23.1 Å². The highest BCUT2D eigenvalue weighted by atomic mass is 16.5. The third-order valence-corrected chi connectivity index (χ3v) is 5.32. The monoisotopic (exact) mass is 406 g/mol. The van der Waals surface area contributed by atoms with Crippen LogP contribution in [0, 0.1) is 6.92 Å². The minimum absolute atomic E-state index is 0.104. The largest absolute Gasteiger partial charge is 0.423 e. The van der Waals surface area contributed by atoms with Crippen LogP contribution in [-0.4, -0.2) is 35.3 Å². The topological polar surface area (TPSA) is 71.7 Å². The molecule has 2 aromatic heterocycles. The Morgan fingerprint density at radius 3 is 2.83 bits per heavy atom. The van der Waals surface area contributed by atoms with Crippen LogP contribution in [0.4, 0.5) is 17.5 Å². The van der Waals surface area contributed by atoms with Crippen molar-refractivity contribution in [3.05, 3.63) is 54.4 Å². The molecule has 0 bridgehead atoms. The van der Waals surface area contributed by atoms with E-state index in [0.29, 0.717) is 37.4 Å². The first kappa shape index (κ1) is 20.1. The molecule has 1 unspecified atom stereocenters. The van der Waals surface area contributed by atoms with Crippen LogP contribution in [0.5, 0.6) is 0 Å². The molecule has 0 saturated carbocycles. The van der Waals surface area contributed by atoms with Gasteiger partial charge in [-0.25, -0.2) is 9.97 Å². The van der Waals surface area contributed by atoms with Crippen LogP contribution in [0.1, 0.15) is 32.3 Å². The lowest BCUT2D eigenvalue weighted by Crippen LogP contribution is -2.31. The number of hydrogen-bond donors (Lipinski definition) is 0. The zero-order valence-corrected chi connectivity index (χ0v) is 17.5. The number of carbonyl (C=O) groups excluding carboxylic acids is 1. The van der Waals surface area contributed by atoms with Crippen LogP contribution in [0.15, 0.2) is 53.2 Å². The van der Waals surface area contributed by atoms with E-state index in [1.807, 2.05) is 62.1 Å². The molecule has 1 atom stereocenters. The number of benzene rings is 1. The van der Waals surface area contributed by atoms with Gasteiger partial charge in [0.2, 0.25) is 5.91 Å². The molecule has 1 aromatic carbocycles. The molecule has 0 radical (unpaired) electrons. The number of pyridine rings is 1. The molecule has 7 nitrogen and oxygen atoms in total. The Kier molecular flexibility index (Phi) is 5.81. The molecule has 7 heteroatoms. The molecular weight excluding hydrogens is 380 g/mol. The number of ether oxygens (including phenoxy) is 1. The highest BCUT2D eigenvalue weighted by molar-refractivity contribution is 5.95. The summed E-state index contributed by atoms with van der Waals surface area (Å²) in [6, 6.07) is 12.4. The predicted molar refractivity (Wildman–Crippen MR) is 116 cm³/mol. The summed E-state index contributed by atoms with van der Waals surface area (Å²) < 4.78 is 11.8. The van der Waals surface area contributed by atoms with Crippen molar-refractivity contribution in [3.8, 4) is 11.3 Å². The highest BCUT2D eigenvalue weighted by Gasteiger charge is 2.30. The maximum atomic E-state index is 12.2. The zero-order chi connectivity index (χ0) is 21.1. The van der Waals surface area contributed by atoms with Crippen molar-refractivity contribution in [1.29, 1.82) is 0 Å². The van der Waals surface area contributed by atoms with Gasteiger partial charge in [-0.15, -0.1) is 0 Å². The van der Waals surface area contributed by atoms with E-state index in [2.05, 4.69) is 9.97 Å². The van der Waals surface area contributed by atoms with E-state index < -0.39 is 0 Å². The van der Waals surface area contributed by atoms with E-state index in [1.165, 1.54) is 0 Å². The van der Waals surface area contributed by atoms with Gasteiger partial charge in [-0.3, -0.25) is 14.6 Å². The number of anilines is 3. The van der Waals surface area contributed by atoms with E-state index >= 15 is 0 Å². The molecule has 1 aliphatic heterocycles. The van der Waals surface area contributed by atoms with Gasteiger partial charge in [0.15, 0.2) is 5.76 Å². The van der Waals surface area contributed by atoms with Crippen molar-refractivity contribution >= 4 is 23.4 Å². The van der Waals surface area contributed by atoms with Crippen LogP contribution in [0.2, 0.25) is 0 Å². The lowest BCUT2D eigenvalue weighted by atomic mass is 10.2. The summed E-state index contributed by atoms with van der Waals surface area (Å²) in [7, 11) is 0. The van der Waals surface area contributed by atoms with Crippen molar-refractivity contribution in [2.24, 2.45) is 0 Å². The van der Waals surface area contributed by atoms with Crippen molar-refractivity contribution < 1.29 is 13.9 Å². The Morgan fingerprint density at radius 1 is 1.27 bits per heavy atom. The number of para-hydroxylation sites is 1. The van der Waals surface area contributed by atoms with Gasteiger partial charge in [0.1, 0.15) is 12.5 Å². The minimum atomic E-state index is 0.104. The van der Waals surface area contributed by atoms with Gasteiger partial charge in [0, 0.05) is 30.8 Å². The second-order valence-electron chi connectivity index (χ2n) is 7.40. The third-order valence-electron chi connectivity index (χ3n) is 5.32. The first-order valence-electron chi connectivity index (χ1n) is 10.2. The summed E-state index contributed by atoms with van der Waals surface area (Å²) in [5.74, 6) is 1.36. The number of rotatable bonds is 7. The second kappa shape index (κ2) is 8.67. The minimum Gasteiger partial charge on any atom is -0.423 e. The van der Waals surface area contributed by atoms with E-state index in [-0.39, 0.29) is 11.9 Å². The zero-order valence-electron chi connectivity index (χ0n) is 17.5. The average molecular weight is 406 g/mol. The quantitative estimate of drug-likeness (QED) is 0.530. The van der Waals surface area contributed by atoms with Crippen LogP contribution in [-0.2, 0) is 9.53 Å². The third kappa shape index (κ3) is 3.93. The van der Waals surface area contributed by atoms with Gasteiger partial charge >= 0.3 is 6.01 Å². The molecule has 1 aliphatic rings. The number of amides is 1. The predicted octanol–water partition coefficient (Wildman–Crippen LogP) is 4.69. The molecule has 1 fully saturated rings.